The lowest BCUT2D eigenvalue weighted by Gasteiger charge is -2.33. The van der Waals surface area contributed by atoms with Crippen molar-refractivity contribution in [2.45, 2.75) is 13.0 Å². The summed E-state index contributed by atoms with van der Waals surface area (Å²) in [6, 6.07) is 14.7. The monoisotopic (exact) mass is 366 g/mol. The number of carbonyl (C=O) groups is 2. The van der Waals surface area contributed by atoms with Crippen LogP contribution in [0.1, 0.15) is 12.5 Å². The number of anilines is 1. The highest BCUT2D eigenvalue weighted by molar-refractivity contribution is 6.05. The van der Waals surface area contributed by atoms with Gasteiger partial charge in [0.15, 0.2) is 6.10 Å². The van der Waals surface area contributed by atoms with Gasteiger partial charge >= 0.3 is 0 Å². The molecule has 0 spiro atoms. The summed E-state index contributed by atoms with van der Waals surface area (Å²) in [7, 11) is 1.55. The maximum Gasteiger partial charge on any atom is 0.262 e. The molecule has 0 saturated carbocycles. The third-order valence-corrected chi connectivity index (χ3v) is 4.19. The number of para-hydroxylation sites is 2. The van der Waals surface area contributed by atoms with Crippen molar-refractivity contribution >= 4 is 23.6 Å². The van der Waals surface area contributed by atoms with E-state index in [-0.39, 0.29) is 18.4 Å². The van der Waals surface area contributed by atoms with Gasteiger partial charge < -0.3 is 19.7 Å². The van der Waals surface area contributed by atoms with Gasteiger partial charge in [0, 0.05) is 13.1 Å². The summed E-state index contributed by atoms with van der Waals surface area (Å²) >= 11 is 0. The molecule has 0 radical (unpaired) electrons. The molecule has 1 heterocycles. The molecule has 2 amide bonds. The SMILES string of the molecule is CCOc1ccc(/C=C/C(=O)N2C[C@H](C(=O)NC)Oc3ccccc32)cc1. The van der Waals surface area contributed by atoms with Gasteiger partial charge in [-0.2, -0.15) is 0 Å². The Hall–Kier alpha value is -3.28. The molecule has 0 bridgehead atoms. The fourth-order valence-electron chi connectivity index (χ4n) is 2.84. The summed E-state index contributed by atoms with van der Waals surface area (Å²) < 4.78 is 11.1. The number of likely N-dealkylation sites (N-methyl/N-ethyl adjacent to an activating group) is 1. The fourth-order valence-corrected chi connectivity index (χ4v) is 2.84. The van der Waals surface area contributed by atoms with Crippen LogP contribution >= 0.6 is 0 Å². The lowest BCUT2D eigenvalue weighted by Crippen LogP contribution is -2.49. The molecule has 0 aliphatic carbocycles. The molecule has 6 nitrogen and oxygen atoms in total. The zero-order valence-electron chi connectivity index (χ0n) is 15.3. The Balaban J connectivity index is 1.79. The normalized spacial score (nSPS) is 15.8. The standard InChI is InChI=1S/C21H22N2O4/c1-3-26-16-11-8-15(9-12-16)10-13-20(24)23-14-19(21(25)22-2)27-18-7-5-4-6-17(18)23/h4-13,19H,3,14H2,1-2H3,(H,22,25)/b13-10+/t19-/m1/s1. The minimum atomic E-state index is -0.743. The first-order chi connectivity index (χ1) is 13.1. The van der Waals surface area contributed by atoms with Crippen LogP contribution in [0.4, 0.5) is 5.69 Å². The van der Waals surface area contributed by atoms with E-state index >= 15 is 0 Å². The van der Waals surface area contributed by atoms with Crippen LogP contribution in [0, 0.1) is 0 Å². The molecule has 2 aromatic carbocycles. The highest BCUT2D eigenvalue weighted by atomic mass is 16.5. The second-order valence-electron chi connectivity index (χ2n) is 5.97. The minimum absolute atomic E-state index is 0.156. The van der Waals surface area contributed by atoms with Gasteiger partial charge in [-0.1, -0.05) is 24.3 Å². The first-order valence-corrected chi connectivity index (χ1v) is 8.82. The molecule has 1 aliphatic heterocycles. The summed E-state index contributed by atoms with van der Waals surface area (Å²) in [5.74, 6) is 0.822. The average molecular weight is 366 g/mol. The lowest BCUT2D eigenvalue weighted by molar-refractivity contribution is -0.127. The van der Waals surface area contributed by atoms with E-state index in [1.807, 2.05) is 43.3 Å². The molecule has 0 aromatic heterocycles. The van der Waals surface area contributed by atoms with Crippen molar-refractivity contribution in [2.24, 2.45) is 0 Å². The van der Waals surface area contributed by atoms with Crippen molar-refractivity contribution in [3.8, 4) is 11.5 Å². The van der Waals surface area contributed by atoms with E-state index in [1.54, 1.807) is 30.2 Å². The Labute approximate surface area is 158 Å². The second kappa shape index (κ2) is 8.40. The summed E-state index contributed by atoms with van der Waals surface area (Å²) in [6.07, 6.45) is 2.50. The number of ether oxygens (including phenoxy) is 2. The van der Waals surface area contributed by atoms with Crippen LogP contribution in [0.15, 0.2) is 54.6 Å². The van der Waals surface area contributed by atoms with E-state index in [0.29, 0.717) is 18.0 Å². The first kappa shape index (κ1) is 18.5. The number of hydrogen-bond donors (Lipinski definition) is 1. The van der Waals surface area contributed by atoms with Crippen LogP contribution in [0.3, 0.4) is 0 Å². The number of benzene rings is 2. The molecule has 140 valence electrons. The van der Waals surface area contributed by atoms with Crippen LogP contribution in [-0.4, -0.2) is 38.1 Å². The molecule has 0 fully saturated rings. The van der Waals surface area contributed by atoms with Gasteiger partial charge in [-0.25, -0.2) is 0 Å². The molecule has 0 saturated heterocycles. The van der Waals surface area contributed by atoms with Crippen LogP contribution in [0.25, 0.3) is 6.08 Å². The van der Waals surface area contributed by atoms with Gasteiger partial charge in [-0.05, 0) is 42.8 Å². The van der Waals surface area contributed by atoms with E-state index < -0.39 is 6.10 Å². The molecule has 2 aromatic rings. The van der Waals surface area contributed by atoms with Crippen molar-refractivity contribution in [3.05, 3.63) is 60.2 Å². The van der Waals surface area contributed by atoms with Crippen LogP contribution < -0.4 is 19.7 Å². The molecular weight excluding hydrogens is 344 g/mol. The predicted octanol–water partition coefficient (Wildman–Crippen LogP) is 2.64. The molecule has 27 heavy (non-hydrogen) atoms. The van der Waals surface area contributed by atoms with Crippen molar-refractivity contribution in [3.63, 3.8) is 0 Å². The number of nitrogens with zero attached hydrogens (tertiary/aromatic N) is 1. The van der Waals surface area contributed by atoms with E-state index in [0.717, 1.165) is 11.3 Å². The number of hydrogen-bond acceptors (Lipinski definition) is 4. The van der Waals surface area contributed by atoms with Crippen molar-refractivity contribution in [2.75, 3.05) is 25.1 Å². The molecule has 3 rings (SSSR count). The largest absolute Gasteiger partial charge is 0.494 e. The highest BCUT2D eigenvalue weighted by Crippen LogP contribution is 2.33. The van der Waals surface area contributed by atoms with Crippen molar-refractivity contribution in [1.29, 1.82) is 0 Å². The van der Waals surface area contributed by atoms with Crippen molar-refractivity contribution in [1.82, 2.24) is 5.32 Å². The Kier molecular flexibility index (Phi) is 5.76. The molecular formula is C21H22N2O4. The maximum absolute atomic E-state index is 12.8. The van der Waals surface area contributed by atoms with Crippen molar-refractivity contribution < 1.29 is 19.1 Å². The lowest BCUT2D eigenvalue weighted by atomic mass is 10.1. The Morgan fingerprint density at radius 3 is 2.67 bits per heavy atom. The van der Waals surface area contributed by atoms with Crippen LogP contribution in [0.5, 0.6) is 11.5 Å². The number of amides is 2. The zero-order chi connectivity index (χ0) is 19.2. The maximum atomic E-state index is 12.8. The molecule has 1 N–H and O–H groups in total. The van der Waals surface area contributed by atoms with Gasteiger partial charge in [0.25, 0.3) is 11.8 Å². The number of rotatable bonds is 5. The third kappa shape index (κ3) is 4.28. The van der Waals surface area contributed by atoms with E-state index in [2.05, 4.69) is 5.32 Å². The van der Waals surface area contributed by atoms with Gasteiger partial charge in [-0.15, -0.1) is 0 Å². The number of fused-ring (bicyclic) bond motifs is 1. The first-order valence-electron chi connectivity index (χ1n) is 8.82. The predicted molar refractivity (Wildman–Crippen MR) is 104 cm³/mol. The van der Waals surface area contributed by atoms with E-state index in [4.69, 9.17) is 9.47 Å². The zero-order valence-corrected chi connectivity index (χ0v) is 15.3. The van der Waals surface area contributed by atoms with Gasteiger partial charge in [0.2, 0.25) is 0 Å². The smallest absolute Gasteiger partial charge is 0.262 e. The molecule has 0 unspecified atom stereocenters. The quantitative estimate of drug-likeness (QED) is 0.826. The molecule has 1 aliphatic rings. The number of carbonyl (C=O) groups excluding carboxylic acids is 2. The van der Waals surface area contributed by atoms with Crippen LogP contribution in [0.2, 0.25) is 0 Å². The summed E-state index contributed by atoms with van der Waals surface area (Å²) in [5.41, 5.74) is 1.54. The topological polar surface area (TPSA) is 67.9 Å². The Bertz CT molecular complexity index is 846. The van der Waals surface area contributed by atoms with Gasteiger partial charge in [-0.3, -0.25) is 9.59 Å². The third-order valence-electron chi connectivity index (χ3n) is 4.19. The molecule has 1 atom stereocenters. The Morgan fingerprint density at radius 2 is 1.96 bits per heavy atom. The highest BCUT2D eigenvalue weighted by Gasteiger charge is 2.32. The fraction of sp³-hybridized carbons (Fsp3) is 0.238. The summed E-state index contributed by atoms with van der Waals surface area (Å²) in [6.45, 7) is 2.69. The second-order valence-corrected chi connectivity index (χ2v) is 5.97. The average Bonchev–Trinajstić information content (AvgIpc) is 2.71. The van der Waals surface area contributed by atoms with Gasteiger partial charge in [0.1, 0.15) is 11.5 Å². The number of nitrogens with one attached hydrogen (secondary N) is 1. The summed E-state index contributed by atoms with van der Waals surface area (Å²) in [5, 5.41) is 2.57. The van der Waals surface area contributed by atoms with Crippen LogP contribution in [-0.2, 0) is 9.59 Å². The summed E-state index contributed by atoms with van der Waals surface area (Å²) in [4.78, 5) is 26.4. The van der Waals surface area contributed by atoms with E-state index in [1.165, 1.54) is 6.08 Å². The minimum Gasteiger partial charge on any atom is -0.494 e. The van der Waals surface area contributed by atoms with E-state index in [9.17, 15) is 9.59 Å². The Morgan fingerprint density at radius 1 is 1.22 bits per heavy atom. The van der Waals surface area contributed by atoms with Gasteiger partial charge in [0.05, 0.1) is 18.8 Å². The molecule has 6 heteroatoms.